The van der Waals surface area contributed by atoms with E-state index >= 15 is 0 Å². The Morgan fingerprint density at radius 1 is 1.22 bits per heavy atom. The van der Waals surface area contributed by atoms with E-state index in [0.29, 0.717) is 40.1 Å². The molecular formula is C25H27F3N6O3. The molecule has 196 valence electrons. The van der Waals surface area contributed by atoms with Gasteiger partial charge in [0.15, 0.2) is 5.58 Å². The van der Waals surface area contributed by atoms with Gasteiger partial charge >= 0.3 is 12.2 Å². The van der Waals surface area contributed by atoms with Crippen molar-refractivity contribution in [1.29, 1.82) is 0 Å². The lowest BCUT2D eigenvalue weighted by atomic mass is 9.89. The van der Waals surface area contributed by atoms with Crippen LogP contribution < -0.4 is 10.6 Å². The molecule has 3 amide bonds. The monoisotopic (exact) mass is 516 g/mol. The number of nitrogens with one attached hydrogen (secondary N) is 2. The van der Waals surface area contributed by atoms with Crippen molar-refractivity contribution in [2.45, 2.75) is 50.5 Å². The zero-order chi connectivity index (χ0) is 25.9. The second kappa shape index (κ2) is 8.77. The predicted octanol–water partition coefficient (Wildman–Crippen LogP) is 3.92. The molecule has 1 aliphatic heterocycles. The zero-order valence-corrected chi connectivity index (χ0v) is 20.2. The van der Waals surface area contributed by atoms with Gasteiger partial charge in [-0.25, -0.2) is 9.78 Å². The highest BCUT2D eigenvalue weighted by atomic mass is 19.4. The number of nitrogens with zero attached hydrogens (tertiary/aromatic N) is 4. The Balaban J connectivity index is 1.26. The molecule has 0 bridgehead atoms. The van der Waals surface area contributed by atoms with Crippen LogP contribution in [0.2, 0.25) is 0 Å². The molecule has 2 aliphatic carbocycles. The molecule has 2 aromatic heterocycles. The van der Waals surface area contributed by atoms with Crippen LogP contribution in [0.1, 0.15) is 53.7 Å². The highest BCUT2D eigenvalue weighted by molar-refractivity contribution is 5.92. The van der Waals surface area contributed by atoms with E-state index in [4.69, 9.17) is 9.40 Å². The van der Waals surface area contributed by atoms with Crippen molar-refractivity contribution in [2.75, 3.05) is 6.54 Å². The molecule has 2 N–H and O–H groups in total. The Hall–Kier alpha value is -3.57. The molecule has 1 aromatic carbocycles. The predicted molar refractivity (Wildman–Crippen MR) is 125 cm³/mol. The number of rotatable bonds is 8. The minimum atomic E-state index is -4.50. The minimum Gasteiger partial charge on any atom is -0.438 e. The molecule has 2 atom stereocenters. The van der Waals surface area contributed by atoms with Gasteiger partial charge in [0.2, 0.25) is 5.89 Å². The molecule has 2 unspecified atom stereocenters. The van der Waals surface area contributed by atoms with Gasteiger partial charge in [0.05, 0.1) is 6.54 Å². The first-order valence-electron chi connectivity index (χ1n) is 12.5. The van der Waals surface area contributed by atoms with Crippen molar-refractivity contribution in [2.24, 2.45) is 24.8 Å². The third-order valence-electron chi connectivity index (χ3n) is 7.55. The number of amides is 3. The summed E-state index contributed by atoms with van der Waals surface area (Å²) < 4.78 is 46.7. The Morgan fingerprint density at radius 3 is 2.54 bits per heavy atom. The van der Waals surface area contributed by atoms with Crippen LogP contribution in [-0.4, -0.2) is 50.4 Å². The number of halogens is 3. The summed E-state index contributed by atoms with van der Waals surface area (Å²) in [6.45, 7) is -0.430. The summed E-state index contributed by atoms with van der Waals surface area (Å²) in [6.07, 6.45) is 1.52. The van der Waals surface area contributed by atoms with Crippen molar-refractivity contribution in [1.82, 2.24) is 30.3 Å². The zero-order valence-electron chi connectivity index (χ0n) is 20.2. The van der Waals surface area contributed by atoms with E-state index in [0.717, 1.165) is 30.6 Å². The number of aryl methyl sites for hydroxylation is 1. The average molecular weight is 517 g/mol. The molecular weight excluding hydrogens is 489 g/mol. The Morgan fingerprint density at radius 2 is 1.95 bits per heavy atom. The van der Waals surface area contributed by atoms with Gasteiger partial charge in [-0.05, 0) is 67.2 Å². The highest BCUT2D eigenvalue weighted by Crippen LogP contribution is 2.54. The first-order valence-corrected chi connectivity index (χ1v) is 12.5. The van der Waals surface area contributed by atoms with Gasteiger partial charge in [-0.15, -0.1) is 0 Å². The molecule has 6 rings (SSSR count). The van der Waals surface area contributed by atoms with E-state index in [1.54, 1.807) is 37.5 Å². The topological polar surface area (TPSA) is 105 Å². The number of carbonyl (C=O) groups is 2. The minimum absolute atomic E-state index is 0.0178. The Labute approximate surface area is 210 Å². The van der Waals surface area contributed by atoms with Crippen molar-refractivity contribution in [3.63, 3.8) is 0 Å². The van der Waals surface area contributed by atoms with Crippen LogP contribution in [0.4, 0.5) is 18.0 Å². The lowest BCUT2D eigenvalue weighted by Crippen LogP contribution is -2.40. The number of carbonyl (C=O) groups excluding carboxylic acids is 2. The van der Waals surface area contributed by atoms with Gasteiger partial charge in [-0.2, -0.15) is 18.3 Å². The van der Waals surface area contributed by atoms with Crippen molar-refractivity contribution < 1.29 is 27.2 Å². The molecule has 9 nitrogen and oxygen atoms in total. The van der Waals surface area contributed by atoms with Crippen molar-refractivity contribution in [3.05, 3.63) is 47.6 Å². The standard InChI is InChI=1S/C25H27F3N6O3/c1-33-17(8-9-29-33)22(35)32-21(20(14-3-4-14)15-5-6-15)23-30-16-10-13(2-7-18(16)37-23)11-34-12-19(25(26,27)28)31-24(34)36/h2,7-10,14-15,19-21H,3-6,11-12H2,1H3,(H,31,36)(H,32,35). The number of oxazole rings is 1. The molecule has 3 aromatic rings. The lowest BCUT2D eigenvalue weighted by molar-refractivity contribution is -0.149. The van der Waals surface area contributed by atoms with Crippen LogP contribution in [-0.2, 0) is 13.6 Å². The van der Waals surface area contributed by atoms with Crippen LogP contribution in [0.15, 0.2) is 34.9 Å². The maximum atomic E-state index is 13.1. The van der Waals surface area contributed by atoms with Crippen LogP contribution in [0.25, 0.3) is 11.1 Å². The molecule has 0 radical (unpaired) electrons. The lowest BCUT2D eigenvalue weighted by Gasteiger charge is -2.25. The smallest absolute Gasteiger partial charge is 0.410 e. The maximum Gasteiger partial charge on any atom is 0.410 e. The number of hydrogen-bond acceptors (Lipinski definition) is 5. The molecule has 2 saturated carbocycles. The molecule has 0 spiro atoms. The first kappa shape index (κ1) is 23.8. The summed E-state index contributed by atoms with van der Waals surface area (Å²) in [4.78, 5) is 31.0. The Bertz CT molecular complexity index is 1330. The highest BCUT2D eigenvalue weighted by Gasteiger charge is 2.48. The SMILES string of the molecule is Cn1nccc1C(=O)NC(c1nc2cc(CN3CC(C(F)(F)F)NC3=O)ccc2o1)C(C1CC1)C1CC1. The summed E-state index contributed by atoms with van der Waals surface area (Å²) >= 11 is 0. The number of hydrogen-bond donors (Lipinski definition) is 2. The summed E-state index contributed by atoms with van der Waals surface area (Å²) in [6, 6.07) is 3.76. The van der Waals surface area contributed by atoms with Crippen molar-refractivity contribution in [3.8, 4) is 0 Å². The van der Waals surface area contributed by atoms with E-state index < -0.39 is 30.8 Å². The van der Waals surface area contributed by atoms with Gasteiger partial charge in [0, 0.05) is 19.8 Å². The normalized spacial score (nSPS) is 21.1. The molecule has 37 heavy (non-hydrogen) atoms. The summed E-state index contributed by atoms with van der Waals surface area (Å²) in [5.74, 6) is 1.40. The maximum absolute atomic E-state index is 13.1. The summed E-state index contributed by atoms with van der Waals surface area (Å²) in [7, 11) is 1.71. The fourth-order valence-electron chi connectivity index (χ4n) is 5.38. The third kappa shape index (κ3) is 4.76. The quantitative estimate of drug-likeness (QED) is 0.472. The summed E-state index contributed by atoms with van der Waals surface area (Å²) in [5.41, 5.74) is 2.13. The molecule has 3 aliphatic rings. The molecule has 1 saturated heterocycles. The Kier molecular flexibility index (Phi) is 5.64. The van der Waals surface area contributed by atoms with Crippen LogP contribution >= 0.6 is 0 Å². The van der Waals surface area contributed by atoms with Crippen LogP contribution in [0, 0.1) is 17.8 Å². The van der Waals surface area contributed by atoms with E-state index in [9.17, 15) is 22.8 Å². The van der Waals surface area contributed by atoms with E-state index in [2.05, 4.69) is 10.4 Å². The van der Waals surface area contributed by atoms with Gasteiger partial charge in [0.25, 0.3) is 5.91 Å². The van der Waals surface area contributed by atoms with Gasteiger partial charge in [0.1, 0.15) is 23.3 Å². The number of fused-ring (bicyclic) bond motifs is 1. The molecule has 3 fully saturated rings. The second-order valence-electron chi connectivity index (χ2n) is 10.3. The average Bonchev–Trinajstić information content (AvgIpc) is 3.74. The van der Waals surface area contributed by atoms with E-state index in [1.807, 2.05) is 5.32 Å². The molecule has 12 heteroatoms. The molecule has 3 heterocycles. The van der Waals surface area contributed by atoms with Gasteiger partial charge in [-0.1, -0.05) is 6.07 Å². The van der Waals surface area contributed by atoms with Crippen LogP contribution in [0.5, 0.6) is 0 Å². The van der Waals surface area contributed by atoms with Crippen LogP contribution in [0.3, 0.4) is 0 Å². The number of aromatic nitrogens is 3. The fourth-order valence-corrected chi connectivity index (χ4v) is 5.38. The van der Waals surface area contributed by atoms with Gasteiger partial charge in [-0.3, -0.25) is 9.48 Å². The summed E-state index contributed by atoms with van der Waals surface area (Å²) in [5, 5.41) is 9.22. The number of benzene rings is 1. The largest absolute Gasteiger partial charge is 0.438 e. The number of urea groups is 1. The fraction of sp³-hybridized carbons (Fsp3) is 0.520. The second-order valence-corrected chi connectivity index (χ2v) is 10.3. The number of alkyl halides is 3. The third-order valence-corrected chi connectivity index (χ3v) is 7.55. The van der Waals surface area contributed by atoms with Crippen molar-refractivity contribution >= 4 is 23.0 Å². The van der Waals surface area contributed by atoms with Gasteiger partial charge < -0.3 is 20.0 Å². The first-order chi connectivity index (χ1) is 17.7. The van der Waals surface area contributed by atoms with E-state index in [-0.39, 0.29) is 18.4 Å². The van der Waals surface area contributed by atoms with E-state index in [1.165, 1.54) is 4.68 Å².